The maximum atomic E-state index is 6.10. The van der Waals surface area contributed by atoms with Crippen molar-refractivity contribution in [1.82, 2.24) is 0 Å². The first-order valence-corrected chi connectivity index (χ1v) is 7.67. The van der Waals surface area contributed by atoms with Crippen molar-refractivity contribution in [1.29, 1.82) is 0 Å². The van der Waals surface area contributed by atoms with Gasteiger partial charge in [0.1, 0.15) is 12.4 Å². The van der Waals surface area contributed by atoms with Crippen molar-refractivity contribution in [2.75, 3.05) is 13.2 Å². The Morgan fingerprint density at radius 3 is 2.32 bits per heavy atom. The fourth-order valence-electron chi connectivity index (χ4n) is 2.98. The van der Waals surface area contributed by atoms with Crippen LogP contribution in [0.5, 0.6) is 5.75 Å². The van der Waals surface area contributed by atoms with Gasteiger partial charge < -0.3 is 14.2 Å². The highest BCUT2D eigenvalue weighted by Gasteiger charge is 2.21. The summed E-state index contributed by atoms with van der Waals surface area (Å²) < 4.78 is 17.3. The monoisotopic (exact) mass is 298 g/mol. The van der Waals surface area contributed by atoms with Gasteiger partial charge in [0.25, 0.3) is 0 Å². The number of ether oxygens (including phenoxy) is 3. The second kappa shape index (κ2) is 6.51. The predicted molar refractivity (Wildman–Crippen MR) is 86.1 cm³/mol. The van der Waals surface area contributed by atoms with Gasteiger partial charge in [0.2, 0.25) is 0 Å². The molecule has 0 spiro atoms. The van der Waals surface area contributed by atoms with Crippen molar-refractivity contribution in [2.24, 2.45) is 0 Å². The van der Waals surface area contributed by atoms with Crippen LogP contribution in [-0.4, -0.2) is 13.2 Å². The predicted octanol–water partition coefficient (Wildman–Crippen LogP) is 4.24. The van der Waals surface area contributed by atoms with Gasteiger partial charge in [-0.05, 0) is 37.5 Å². The van der Waals surface area contributed by atoms with Crippen LogP contribution in [0.4, 0.5) is 0 Å². The number of hydrogen-bond donors (Lipinski definition) is 0. The fourth-order valence-corrected chi connectivity index (χ4v) is 2.98. The van der Waals surface area contributed by atoms with Crippen molar-refractivity contribution in [2.45, 2.75) is 33.7 Å². The molecule has 3 rings (SSSR count). The van der Waals surface area contributed by atoms with E-state index in [0.717, 1.165) is 16.9 Å². The summed E-state index contributed by atoms with van der Waals surface area (Å²) in [5, 5.41) is 0. The highest BCUT2D eigenvalue weighted by atomic mass is 16.7. The summed E-state index contributed by atoms with van der Waals surface area (Å²) in [6.07, 6.45) is -0.264. The van der Waals surface area contributed by atoms with Gasteiger partial charge in [-0.15, -0.1) is 0 Å². The third-order valence-electron chi connectivity index (χ3n) is 3.91. The summed E-state index contributed by atoms with van der Waals surface area (Å²) in [5.41, 5.74) is 5.76. The van der Waals surface area contributed by atoms with Crippen LogP contribution < -0.4 is 4.74 Å². The average Bonchev–Trinajstić information content (AvgIpc) is 3.00. The lowest BCUT2D eigenvalue weighted by atomic mass is 10.1. The first kappa shape index (κ1) is 15.1. The van der Waals surface area contributed by atoms with Crippen molar-refractivity contribution in [3.63, 3.8) is 0 Å². The standard InChI is InChI=1S/C19H22O3/c1-13-10-14(2)18(15(3)11-13)22-12-16-6-4-5-7-17(16)19-20-8-9-21-19/h4-7,10-11,19H,8-9,12H2,1-3H3. The SMILES string of the molecule is Cc1cc(C)c(OCc2ccccc2C2OCCO2)c(C)c1. The van der Waals surface area contributed by atoms with Crippen molar-refractivity contribution < 1.29 is 14.2 Å². The maximum absolute atomic E-state index is 6.10. The molecule has 0 amide bonds. The second-order valence-corrected chi connectivity index (χ2v) is 5.79. The van der Waals surface area contributed by atoms with Gasteiger partial charge in [-0.1, -0.05) is 42.0 Å². The average molecular weight is 298 g/mol. The van der Waals surface area contributed by atoms with Crippen LogP contribution >= 0.6 is 0 Å². The lowest BCUT2D eigenvalue weighted by Gasteiger charge is -2.17. The molecule has 2 aromatic rings. The molecule has 1 saturated heterocycles. The Bertz CT molecular complexity index is 634. The molecule has 0 bridgehead atoms. The van der Waals surface area contributed by atoms with E-state index in [4.69, 9.17) is 14.2 Å². The summed E-state index contributed by atoms with van der Waals surface area (Å²) in [4.78, 5) is 0. The van der Waals surface area contributed by atoms with Crippen molar-refractivity contribution in [3.05, 3.63) is 64.2 Å². The Labute approximate surface area is 131 Å². The Balaban J connectivity index is 1.80. The molecule has 1 aliphatic heterocycles. The Kier molecular flexibility index (Phi) is 4.46. The molecule has 0 atom stereocenters. The maximum Gasteiger partial charge on any atom is 0.184 e. The van der Waals surface area contributed by atoms with Gasteiger partial charge in [-0.25, -0.2) is 0 Å². The summed E-state index contributed by atoms with van der Waals surface area (Å²) in [5.74, 6) is 0.966. The number of hydrogen-bond acceptors (Lipinski definition) is 3. The fraction of sp³-hybridized carbons (Fsp3) is 0.368. The molecule has 2 aromatic carbocycles. The van der Waals surface area contributed by atoms with Gasteiger partial charge in [0.15, 0.2) is 6.29 Å². The molecule has 0 radical (unpaired) electrons. The quantitative estimate of drug-likeness (QED) is 0.845. The summed E-state index contributed by atoms with van der Waals surface area (Å²) in [6, 6.07) is 12.4. The van der Waals surface area contributed by atoms with E-state index in [9.17, 15) is 0 Å². The molecule has 116 valence electrons. The molecule has 0 aliphatic carbocycles. The van der Waals surface area contributed by atoms with E-state index < -0.39 is 0 Å². The number of rotatable bonds is 4. The third kappa shape index (κ3) is 3.16. The minimum absolute atomic E-state index is 0.264. The normalized spacial score (nSPS) is 15.2. The van der Waals surface area contributed by atoms with E-state index >= 15 is 0 Å². The minimum Gasteiger partial charge on any atom is -0.488 e. The molecule has 0 saturated carbocycles. The molecular weight excluding hydrogens is 276 g/mol. The number of aryl methyl sites for hydroxylation is 3. The smallest absolute Gasteiger partial charge is 0.184 e. The molecular formula is C19H22O3. The van der Waals surface area contributed by atoms with Crippen LogP contribution in [0, 0.1) is 20.8 Å². The van der Waals surface area contributed by atoms with E-state index in [2.05, 4.69) is 39.0 Å². The third-order valence-corrected chi connectivity index (χ3v) is 3.91. The van der Waals surface area contributed by atoms with Crippen LogP contribution in [0.1, 0.15) is 34.1 Å². The van der Waals surface area contributed by atoms with Crippen LogP contribution in [0.15, 0.2) is 36.4 Å². The molecule has 0 N–H and O–H groups in total. The van der Waals surface area contributed by atoms with E-state index in [1.807, 2.05) is 18.2 Å². The molecule has 3 nitrogen and oxygen atoms in total. The van der Waals surface area contributed by atoms with Gasteiger partial charge in [0.05, 0.1) is 13.2 Å². The minimum atomic E-state index is -0.264. The summed E-state index contributed by atoms with van der Waals surface area (Å²) in [7, 11) is 0. The first-order valence-electron chi connectivity index (χ1n) is 7.67. The van der Waals surface area contributed by atoms with Gasteiger partial charge in [-0.2, -0.15) is 0 Å². The molecule has 0 unspecified atom stereocenters. The van der Waals surface area contributed by atoms with Crippen LogP contribution in [-0.2, 0) is 16.1 Å². The van der Waals surface area contributed by atoms with Crippen LogP contribution in [0.25, 0.3) is 0 Å². The van der Waals surface area contributed by atoms with E-state index in [1.54, 1.807) is 0 Å². The van der Waals surface area contributed by atoms with Gasteiger partial charge in [0, 0.05) is 5.56 Å². The topological polar surface area (TPSA) is 27.7 Å². The highest BCUT2D eigenvalue weighted by molar-refractivity contribution is 5.43. The zero-order valence-corrected chi connectivity index (χ0v) is 13.4. The zero-order valence-electron chi connectivity index (χ0n) is 13.4. The summed E-state index contributed by atoms with van der Waals surface area (Å²) in [6.45, 7) is 8.10. The Morgan fingerprint density at radius 2 is 1.64 bits per heavy atom. The van der Waals surface area contributed by atoms with Crippen LogP contribution in [0.3, 0.4) is 0 Å². The van der Waals surface area contributed by atoms with Crippen molar-refractivity contribution >= 4 is 0 Å². The highest BCUT2D eigenvalue weighted by Crippen LogP contribution is 2.29. The second-order valence-electron chi connectivity index (χ2n) is 5.79. The molecule has 1 aliphatic rings. The van der Waals surface area contributed by atoms with Gasteiger partial charge in [-0.3, -0.25) is 0 Å². The molecule has 1 fully saturated rings. The van der Waals surface area contributed by atoms with Gasteiger partial charge >= 0.3 is 0 Å². The Hall–Kier alpha value is -1.84. The largest absolute Gasteiger partial charge is 0.488 e. The first-order chi connectivity index (χ1) is 10.6. The number of benzene rings is 2. The zero-order chi connectivity index (χ0) is 15.5. The molecule has 3 heteroatoms. The molecule has 0 aromatic heterocycles. The Morgan fingerprint density at radius 1 is 1.00 bits per heavy atom. The lowest BCUT2D eigenvalue weighted by molar-refractivity contribution is -0.0451. The lowest BCUT2D eigenvalue weighted by Crippen LogP contribution is -2.06. The van der Waals surface area contributed by atoms with Crippen LogP contribution in [0.2, 0.25) is 0 Å². The summed E-state index contributed by atoms with van der Waals surface area (Å²) >= 11 is 0. The van der Waals surface area contributed by atoms with E-state index in [-0.39, 0.29) is 6.29 Å². The van der Waals surface area contributed by atoms with E-state index in [1.165, 1.54) is 16.7 Å². The van der Waals surface area contributed by atoms with E-state index in [0.29, 0.717) is 19.8 Å². The van der Waals surface area contributed by atoms with Crippen molar-refractivity contribution in [3.8, 4) is 5.75 Å². The molecule has 1 heterocycles. The molecule has 22 heavy (non-hydrogen) atoms.